The maximum absolute atomic E-state index is 11.9. The SMILES string of the molecule is NS(=O)(=O)C1CC(=O)N(c2cc([N+](=O)[O-])ccc2CO)C1. The molecule has 1 saturated heterocycles. The molecule has 1 heterocycles. The fourth-order valence-corrected chi connectivity index (χ4v) is 2.91. The zero-order valence-electron chi connectivity index (χ0n) is 10.8. The van der Waals surface area contributed by atoms with E-state index in [0.717, 1.165) is 11.0 Å². The molecule has 114 valence electrons. The van der Waals surface area contributed by atoms with E-state index in [1.54, 1.807) is 0 Å². The van der Waals surface area contributed by atoms with E-state index >= 15 is 0 Å². The van der Waals surface area contributed by atoms with E-state index in [1.165, 1.54) is 12.1 Å². The van der Waals surface area contributed by atoms with Crippen LogP contribution < -0.4 is 10.0 Å². The van der Waals surface area contributed by atoms with Crippen LogP contribution in [0.2, 0.25) is 0 Å². The zero-order chi connectivity index (χ0) is 15.8. The molecule has 1 aromatic rings. The highest BCUT2D eigenvalue weighted by molar-refractivity contribution is 7.89. The van der Waals surface area contributed by atoms with Gasteiger partial charge in [0.1, 0.15) is 5.25 Å². The van der Waals surface area contributed by atoms with E-state index in [-0.39, 0.29) is 24.3 Å². The van der Waals surface area contributed by atoms with Crippen molar-refractivity contribution in [3.63, 3.8) is 0 Å². The largest absolute Gasteiger partial charge is 0.392 e. The highest BCUT2D eigenvalue weighted by atomic mass is 32.2. The summed E-state index contributed by atoms with van der Waals surface area (Å²) in [5, 5.41) is 24.0. The molecule has 10 heteroatoms. The van der Waals surface area contributed by atoms with Gasteiger partial charge in [0, 0.05) is 30.7 Å². The number of anilines is 1. The molecule has 0 spiro atoms. The minimum Gasteiger partial charge on any atom is -0.392 e. The van der Waals surface area contributed by atoms with E-state index in [1.807, 2.05) is 0 Å². The van der Waals surface area contributed by atoms with E-state index < -0.39 is 32.7 Å². The van der Waals surface area contributed by atoms with Gasteiger partial charge in [-0.25, -0.2) is 13.6 Å². The standard InChI is InChI=1S/C11H13N3O6S/c12-21(19,20)9-4-11(16)13(5-9)10-3-8(14(17)18)2-1-7(10)6-15/h1-3,9,15H,4-6H2,(H2,12,19,20). The van der Waals surface area contributed by atoms with Gasteiger partial charge in [0.05, 0.1) is 17.2 Å². The lowest BCUT2D eigenvalue weighted by atomic mass is 10.1. The van der Waals surface area contributed by atoms with Crippen molar-refractivity contribution in [3.8, 4) is 0 Å². The van der Waals surface area contributed by atoms with Crippen molar-refractivity contribution in [1.82, 2.24) is 0 Å². The lowest BCUT2D eigenvalue weighted by molar-refractivity contribution is -0.384. The Bertz CT molecular complexity index is 702. The number of nitro groups is 1. The summed E-state index contributed by atoms with van der Waals surface area (Å²) in [6.45, 7) is -0.622. The second kappa shape index (κ2) is 5.39. The predicted molar refractivity (Wildman–Crippen MR) is 72.9 cm³/mol. The predicted octanol–water partition coefficient (Wildman–Crippen LogP) is -0.519. The Morgan fingerprint density at radius 2 is 2.14 bits per heavy atom. The number of sulfonamides is 1. The van der Waals surface area contributed by atoms with Crippen LogP contribution >= 0.6 is 0 Å². The molecule has 1 aromatic carbocycles. The number of rotatable bonds is 4. The van der Waals surface area contributed by atoms with Crippen LogP contribution in [0.4, 0.5) is 11.4 Å². The van der Waals surface area contributed by atoms with Crippen molar-refractivity contribution in [2.75, 3.05) is 11.4 Å². The number of hydrogen-bond donors (Lipinski definition) is 2. The number of amides is 1. The number of nitrogens with two attached hydrogens (primary N) is 1. The lowest BCUT2D eigenvalue weighted by Crippen LogP contribution is -2.32. The summed E-state index contributed by atoms with van der Waals surface area (Å²) in [5.74, 6) is -0.510. The van der Waals surface area contributed by atoms with Crippen molar-refractivity contribution in [3.05, 3.63) is 33.9 Å². The first kappa shape index (κ1) is 15.4. The average molecular weight is 315 g/mol. The molecule has 1 aliphatic rings. The first-order valence-electron chi connectivity index (χ1n) is 5.94. The number of benzene rings is 1. The molecule has 9 nitrogen and oxygen atoms in total. The summed E-state index contributed by atoms with van der Waals surface area (Å²) in [4.78, 5) is 23.2. The molecule has 0 aliphatic carbocycles. The van der Waals surface area contributed by atoms with Gasteiger partial charge in [0.25, 0.3) is 5.69 Å². The highest BCUT2D eigenvalue weighted by Gasteiger charge is 2.38. The molecule has 0 bridgehead atoms. The number of hydrogen-bond acceptors (Lipinski definition) is 6. The van der Waals surface area contributed by atoms with E-state index in [0.29, 0.717) is 5.56 Å². The number of aliphatic hydroxyl groups is 1. The fraction of sp³-hybridized carbons (Fsp3) is 0.364. The van der Waals surface area contributed by atoms with E-state index in [9.17, 15) is 28.4 Å². The quantitative estimate of drug-likeness (QED) is 0.565. The first-order chi connectivity index (χ1) is 9.74. The normalized spacial score (nSPS) is 19.0. The zero-order valence-corrected chi connectivity index (χ0v) is 11.6. The van der Waals surface area contributed by atoms with Gasteiger partial charge in [0.15, 0.2) is 0 Å². The fourth-order valence-electron chi connectivity index (χ4n) is 2.18. The maximum atomic E-state index is 11.9. The van der Waals surface area contributed by atoms with Crippen molar-refractivity contribution >= 4 is 27.3 Å². The number of nitrogens with zero attached hydrogens (tertiary/aromatic N) is 2. The summed E-state index contributed by atoms with van der Waals surface area (Å²) >= 11 is 0. The van der Waals surface area contributed by atoms with Crippen molar-refractivity contribution in [2.45, 2.75) is 18.3 Å². The van der Waals surface area contributed by atoms with Crippen LogP contribution in [0, 0.1) is 10.1 Å². The number of aliphatic hydroxyl groups excluding tert-OH is 1. The van der Waals surface area contributed by atoms with Gasteiger partial charge in [-0.15, -0.1) is 0 Å². The van der Waals surface area contributed by atoms with Crippen LogP contribution in [-0.4, -0.2) is 36.1 Å². The van der Waals surface area contributed by atoms with Gasteiger partial charge in [0.2, 0.25) is 15.9 Å². The van der Waals surface area contributed by atoms with Gasteiger partial charge in [-0.2, -0.15) is 0 Å². The van der Waals surface area contributed by atoms with Gasteiger partial charge in [-0.3, -0.25) is 14.9 Å². The third-order valence-corrected chi connectivity index (χ3v) is 4.54. The molecule has 0 radical (unpaired) electrons. The maximum Gasteiger partial charge on any atom is 0.271 e. The van der Waals surface area contributed by atoms with Crippen LogP contribution in [0.3, 0.4) is 0 Å². The minimum absolute atomic E-state index is 0.128. The third kappa shape index (κ3) is 3.01. The molecule has 3 N–H and O–H groups in total. The molecule has 0 aromatic heterocycles. The number of non-ortho nitro benzene ring substituents is 1. The molecular formula is C11H13N3O6S. The van der Waals surface area contributed by atoms with E-state index in [4.69, 9.17) is 5.14 Å². The van der Waals surface area contributed by atoms with Gasteiger partial charge < -0.3 is 10.0 Å². The van der Waals surface area contributed by atoms with Crippen LogP contribution in [0.5, 0.6) is 0 Å². The smallest absolute Gasteiger partial charge is 0.271 e. The minimum atomic E-state index is -3.88. The van der Waals surface area contributed by atoms with E-state index in [2.05, 4.69) is 0 Å². The Kier molecular flexibility index (Phi) is 3.94. The van der Waals surface area contributed by atoms with Gasteiger partial charge in [-0.1, -0.05) is 0 Å². The lowest BCUT2D eigenvalue weighted by Gasteiger charge is -2.19. The van der Waals surface area contributed by atoms with Gasteiger partial charge >= 0.3 is 0 Å². The third-order valence-electron chi connectivity index (χ3n) is 3.30. The Balaban J connectivity index is 2.43. The van der Waals surface area contributed by atoms with Crippen LogP contribution in [0.1, 0.15) is 12.0 Å². The number of primary sulfonamides is 1. The molecule has 1 amide bonds. The second-order valence-electron chi connectivity index (χ2n) is 4.65. The molecule has 21 heavy (non-hydrogen) atoms. The summed E-state index contributed by atoms with van der Waals surface area (Å²) in [5.41, 5.74) is 0.168. The monoisotopic (exact) mass is 315 g/mol. The summed E-state index contributed by atoms with van der Waals surface area (Å²) < 4.78 is 22.7. The van der Waals surface area contributed by atoms with Crippen molar-refractivity contribution in [1.29, 1.82) is 0 Å². The topological polar surface area (TPSA) is 144 Å². The number of carbonyl (C=O) groups is 1. The molecule has 1 fully saturated rings. The number of nitro benzene ring substituents is 1. The van der Waals surface area contributed by atoms with Gasteiger partial charge in [-0.05, 0) is 6.07 Å². The Labute approximate surface area is 120 Å². The molecule has 1 unspecified atom stereocenters. The Morgan fingerprint density at radius 1 is 1.48 bits per heavy atom. The molecule has 2 rings (SSSR count). The number of carbonyl (C=O) groups excluding carboxylic acids is 1. The average Bonchev–Trinajstić information content (AvgIpc) is 2.79. The Hall–Kier alpha value is -2.04. The molecule has 1 aliphatic heterocycles. The molecule has 1 atom stereocenters. The second-order valence-corrected chi connectivity index (χ2v) is 6.49. The summed E-state index contributed by atoms with van der Waals surface area (Å²) in [6.07, 6.45) is -0.285. The van der Waals surface area contributed by atoms with Crippen molar-refractivity contribution < 1.29 is 23.2 Å². The molecular weight excluding hydrogens is 302 g/mol. The van der Waals surface area contributed by atoms with Crippen LogP contribution in [0.15, 0.2) is 18.2 Å². The Morgan fingerprint density at radius 3 is 2.62 bits per heavy atom. The van der Waals surface area contributed by atoms with Crippen LogP contribution in [0.25, 0.3) is 0 Å². The first-order valence-corrected chi connectivity index (χ1v) is 7.55. The van der Waals surface area contributed by atoms with Crippen molar-refractivity contribution in [2.24, 2.45) is 5.14 Å². The highest BCUT2D eigenvalue weighted by Crippen LogP contribution is 2.30. The summed E-state index contributed by atoms with van der Waals surface area (Å²) in [6, 6.07) is 3.66. The van der Waals surface area contributed by atoms with Crippen LogP contribution in [-0.2, 0) is 21.4 Å². The summed E-state index contributed by atoms with van der Waals surface area (Å²) in [7, 11) is -3.88. The molecule has 0 saturated carbocycles.